The van der Waals surface area contributed by atoms with Crippen molar-refractivity contribution in [2.24, 2.45) is 0 Å². The first kappa shape index (κ1) is 11.6. The lowest BCUT2D eigenvalue weighted by molar-refractivity contribution is -0.127. The summed E-state index contributed by atoms with van der Waals surface area (Å²) in [4.78, 5) is 22.7. The van der Waals surface area contributed by atoms with Crippen molar-refractivity contribution in [1.29, 1.82) is 0 Å². The van der Waals surface area contributed by atoms with E-state index in [1.807, 2.05) is 19.1 Å². The molecule has 5 heteroatoms. The third-order valence-electron chi connectivity index (χ3n) is 3.01. The highest BCUT2D eigenvalue weighted by molar-refractivity contribution is 6.07. The minimum atomic E-state index is -1.31. The zero-order chi connectivity index (χ0) is 12.6. The number of rotatable bonds is 2. The summed E-state index contributed by atoms with van der Waals surface area (Å²) in [5.41, 5.74) is 0.341. The smallest absolute Gasteiger partial charge is 0.322 e. The van der Waals surface area contributed by atoms with E-state index in [2.05, 4.69) is 10.6 Å². The van der Waals surface area contributed by atoms with Crippen LogP contribution >= 0.6 is 0 Å². The lowest BCUT2D eigenvalue weighted by Gasteiger charge is -2.27. The number of carbonyl (C=O) groups is 2. The molecule has 1 fully saturated rings. The van der Waals surface area contributed by atoms with Gasteiger partial charge in [-0.15, -0.1) is 0 Å². The Morgan fingerprint density at radius 3 is 2.29 bits per heavy atom. The third kappa shape index (κ3) is 1.89. The fourth-order valence-corrected chi connectivity index (χ4v) is 1.83. The summed E-state index contributed by atoms with van der Waals surface area (Å²) in [6, 6.07) is 6.59. The van der Waals surface area contributed by atoms with Gasteiger partial charge < -0.3 is 10.4 Å². The lowest BCUT2D eigenvalue weighted by Crippen LogP contribution is -2.49. The van der Waals surface area contributed by atoms with E-state index < -0.39 is 23.6 Å². The predicted molar refractivity (Wildman–Crippen MR) is 61.2 cm³/mol. The highest BCUT2D eigenvalue weighted by Gasteiger charge is 2.48. The maximum Gasteiger partial charge on any atom is 0.322 e. The minimum absolute atomic E-state index is 0.518. The van der Waals surface area contributed by atoms with Gasteiger partial charge in [-0.2, -0.15) is 0 Å². The topological polar surface area (TPSA) is 78.4 Å². The van der Waals surface area contributed by atoms with Crippen molar-refractivity contribution in [1.82, 2.24) is 10.6 Å². The number of aliphatic hydroxyl groups is 1. The Bertz CT molecular complexity index is 469. The Hall–Kier alpha value is -1.88. The van der Waals surface area contributed by atoms with Gasteiger partial charge in [-0.1, -0.05) is 29.8 Å². The van der Waals surface area contributed by atoms with Crippen molar-refractivity contribution < 1.29 is 14.7 Å². The molecule has 1 saturated heterocycles. The highest BCUT2D eigenvalue weighted by Crippen LogP contribution is 2.28. The van der Waals surface area contributed by atoms with Gasteiger partial charge in [0.1, 0.15) is 11.6 Å². The molecule has 0 bridgehead atoms. The summed E-state index contributed by atoms with van der Waals surface area (Å²) in [7, 11) is 0. The molecule has 2 unspecified atom stereocenters. The van der Waals surface area contributed by atoms with Gasteiger partial charge in [0.15, 0.2) is 0 Å². The Morgan fingerprint density at radius 2 is 1.82 bits per heavy atom. The van der Waals surface area contributed by atoms with Crippen LogP contribution in [0.1, 0.15) is 24.2 Å². The molecule has 1 heterocycles. The molecule has 3 amide bonds. The van der Waals surface area contributed by atoms with Crippen LogP contribution in [-0.2, 0) is 4.79 Å². The van der Waals surface area contributed by atoms with E-state index in [0.29, 0.717) is 5.56 Å². The molecular formula is C12H14N2O3. The summed E-state index contributed by atoms with van der Waals surface area (Å²) in [6.45, 7) is 3.43. The Kier molecular flexibility index (Phi) is 2.63. The standard InChI is InChI=1S/C12H14N2O3/c1-7-3-5-8(6-4-7)9(15)12(2)10(16)13-11(17)14-12/h3-6,9,15H,1-2H3,(H2,13,14,16,17). The van der Waals surface area contributed by atoms with Gasteiger partial charge in [0, 0.05) is 0 Å². The number of imide groups is 1. The SMILES string of the molecule is Cc1ccc(C(O)C2(C)NC(=O)NC2=O)cc1. The van der Waals surface area contributed by atoms with Crippen molar-refractivity contribution in [3.8, 4) is 0 Å². The molecular weight excluding hydrogens is 220 g/mol. The number of aryl methyl sites for hydroxylation is 1. The van der Waals surface area contributed by atoms with E-state index in [0.717, 1.165) is 5.56 Å². The number of hydrogen-bond acceptors (Lipinski definition) is 3. The molecule has 2 rings (SSSR count). The Morgan fingerprint density at radius 1 is 1.24 bits per heavy atom. The second-order valence-electron chi connectivity index (χ2n) is 4.42. The van der Waals surface area contributed by atoms with E-state index in [-0.39, 0.29) is 0 Å². The van der Waals surface area contributed by atoms with Gasteiger partial charge in [0.25, 0.3) is 5.91 Å². The van der Waals surface area contributed by atoms with Crippen LogP contribution in [0.3, 0.4) is 0 Å². The van der Waals surface area contributed by atoms with Crippen molar-refractivity contribution in [2.75, 3.05) is 0 Å². The van der Waals surface area contributed by atoms with Gasteiger partial charge in [-0.3, -0.25) is 10.1 Å². The molecule has 1 aliphatic rings. The molecule has 90 valence electrons. The predicted octanol–water partition coefficient (Wildman–Crippen LogP) is 0.627. The van der Waals surface area contributed by atoms with E-state index in [9.17, 15) is 14.7 Å². The fourth-order valence-electron chi connectivity index (χ4n) is 1.83. The number of carbonyl (C=O) groups excluding carboxylic acids is 2. The second kappa shape index (κ2) is 3.85. The molecule has 0 aliphatic carbocycles. The van der Waals surface area contributed by atoms with Crippen LogP contribution < -0.4 is 10.6 Å². The van der Waals surface area contributed by atoms with E-state index in [4.69, 9.17) is 0 Å². The molecule has 2 atom stereocenters. The van der Waals surface area contributed by atoms with Crippen LogP contribution in [0.4, 0.5) is 4.79 Å². The van der Waals surface area contributed by atoms with Crippen molar-refractivity contribution >= 4 is 11.9 Å². The van der Waals surface area contributed by atoms with Crippen molar-refractivity contribution in [3.63, 3.8) is 0 Å². The minimum Gasteiger partial charge on any atom is -0.385 e. The van der Waals surface area contributed by atoms with Crippen LogP contribution in [0.25, 0.3) is 0 Å². The van der Waals surface area contributed by atoms with Crippen LogP contribution in [0.15, 0.2) is 24.3 Å². The first-order valence-corrected chi connectivity index (χ1v) is 5.32. The van der Waals surface area contributed by atoms with Crippen molar-refractivity contribution in [2.45, 2.75) is 25.5 Å². The molecule has 1 aromatic rings. The van der Waals surface area contributed by atoms with Gasteiger partial charge in [0.05, 0.1) is 0 Å². The number of urea groups is 1. The summed E-state index contributed by atoms with van der Waals surface area (Å²) in [5, 5.41) is 14.7. The summed E-state index contributed by atoms with van der Waals surface area (Å²) >= 11 is 0. The first-order valence-electron chi connectivity index (χ1n) is 5.32. The molecule has 17 heavy (non-hydrogen) atoms. The molecule has 0 radical (unpaired) electrons. The average molecular weight is 234 g/mol. The molecule has 1 aromatic carbocycles. The maximum atomic E-state index is 11.6. The van der Waals surface area contributed by atoms with Crippen LogP contribution in [0, 0.1) is 6.92 Å². The number of amides is 3. The maximum absolute atomic E-state index is 11.6. The number of aliphatic hydroxyl groups excluding tert-OH is 1. The summed E-state index contributed by atoms with van der Waals surface area (Å²) in [6.07, 6.45) is -1.07. The average Bonchev–Trinajstić information content (AvgIpc) is 2.54. The van der Waals surface area contributed by atoms with Crippen LogP contribution in [0.5, 0.6) is 0 Å². The van der Waals surface area contributed by atoms with Gasteiger partial charge >= 0.3 is 6.03 Å². The fraction of sp³-hybridized carbons (Fsp3) is 0.333. The first-order chi connectivity index (χ1) is 7.93. The van der Waals surface area contributed by atoms with E-state index in [1.54, 1.807) is 12.1 Å². The quantitative estimate of drug-likeness (QED) is 0.657. The molecule has 1 aliphatic heterocycles. The Balaban J connectivity index is 2.31. The Labute approximate surface area is 98.8 Å². The molecule has 0 spiro atoms. The lowest BCUT2D eigenvalue weighted by atomic mass is 9.89. The second-order valence-corrected chi connectivity index (χ2v) is 4.42. The van der Waals surface area contributed by atoms with Crippen molar-refractivity contribution in [3.05, 3.63) is 35.4 Å². The third-order valence-corrected chi connectivity index (χ3v) is 3.01. The largest absolute Gasteiger partial charge is 0.385 e. The zero-order valence-corrected chi connectivity index (χ0v) is 9.65. The van der Waals surface area contributed by atoms with Crippen LogP contribution in [-0.4, -0.2) is 22.6 Å². The normalized spacial score (nSPS) is 25.4. The molecule has 3 N–H and O–H groups in total. The van der Waals surface area contributed by atoms with E-state index in [1.165, 1.54) is 6.92 Å². The van der Waals surface area contributed by atoms with Gasteiger partial charge in [-0.05, 0) is 19.4 Å². The summed E-state index contributed by atoms with van der Waals surface area (Å²) in [5.74, 6) is -0.518. The molecule has 0 saturated carbocycles. The number of nitrogens with one attached hydrogen (secondary N) is 2. The van der Waals surface area contributed by atoms with Gasteiger partial charge in [0.2, 0.25) is 0 Å². The molecule has 5 nitrogen and oxygen atoms in total. The summed E-state index contributed by atoms with van der Waals surface area (Å²) < 4.78 is 0. The molecule has 0 aromatic heterocycles. The van der Waals surface area contributed by atoms with Gasteiger partial charge in [-0.25, -0.2) is 4.79 Å². The zero-order valence-electron chi connectivity index (χ0n) is 9.65. The monoisotopic (exact) mass is 234 g/mol. The number of benzene rings is 1. The number of hydrogen-bond donors (Lipinski definition) is 3. The van der Waals surface area contributed by atoms with E-state index >= 15 is 0 Å². The van der Waals surface area contributed by atoms with Crippen LogP contribution in [0.2, 0.25) is 0 Å². The highest BCUT2D eigenvalue weighted by atomic mass is 16.3.